The van der Waals surface area contributed by atoms with Crippen LogP contribution in [0.2, 0.25) is 0 Å². The van der Waals surface area contributed by atoms with Crippen LogP contribution < -0.4 is 9.47 Å². The van der Waals surface area contributed by atoms with Crippen LogP contribution in [0.4, 0.5) is 4.39 Å². The molecule has 0 atom stereocenters. The van der Waals surface area contributed by atoms with Gasteiger partial charge in [-0.1, -0.05) is 42.0 Å². The van der Waals surface area contributed by atoms with Crippen LogP contribution in [0.5, 0.6) is 11.5 Å². The summed E-state index contributed by atoms with van der Waals surface area (Å²) in [6, 6.07) is 21.3. The van der Waals surface area contributed by atoms with Crippen LogP contribution in [0.15, 0.2) is 72.8 Å². The van der Waals surface area contributed by atoms with Gasteiger partial charge in [0.25, 0.3) is 0 Å². The van der Waals surface area contributed by atoms with E-state index >= 15 is 0 Å². The minimum absolute atomic E-state index is 0.347. The topological polar surface area (TPSA) is 73.6 Å². The van der Waals surface area contributed by atoms with E-state index in [1.165, 1.54) is 12.1 Å². The fourth-order valence-corrected chi connectivity index (χ4v) is 3.65. The minimum atomic E-state index is -1.07. The smallest absolute Gasteiger partial charge is 0.341 e. The van der Waals surface area contributed by atoms with E-state index in [0.717, 1.165) is 16.9 Å². The molecule has 0 bridgehead atoms. The van der Waals surface area contributed by atoms with E-state index in [2.05, 4.69) is 0 Å². The molecule has 0 saturated carbocycles. The number of ether oxygens (including phenoxy) is 2. The summed E-state index contributed by atoms with van der Waals surface area (Å²) in [6.45, 7) is 1.87. The summed E-state index contributed by atoms with van der Waals surface area (Å²) < 4.78 is 26.8. The van der Waals surface area contributed by atoms with E-state index in [1.54, 1.807) is 23.9 Å². The summed E-state index contributed by atoms with van der Waals surface area (Å²) in [5, 5.41) is 13.8. The Morgan fingerprint density at radius 1 is 1.03 bits per heavy atom. The number of aromatic nitrogens is 2. The maximum Gasteiger partial charge on any atom is 0.341 e. The zero-order valence-corrected chi connectivity index (χ0v) is 18.3. The van der Waals surface area contributed by atoms with Crippen LogP contribution in [0.1, 0.15) is 11.1 Å². The molecule has 6 nitrogen and oxygen atoms in total. The third-order valence-electron chi connectivity index (χ3n) is 5.18. The third kappa shape index (κ3) is 5.03. The summed E-state index contributed by atoms with van der Waals surface area (Å²) in [4.78, 5) is 11.0. The van der Waals surface area contributed by atoms with Gasteiger partial charge in [-0.25, -0.2) is 9.18 Å². The largest absolute Gasteiger partial charge is 0.496 e. The molecule has 0 aliphatic heterocycles. The molecule has 0 amide bonds. The van der Waals surface area contributed by atoms with E-state index in [9.17, 15) is 9.18 Å². The molecule has 168 valence electrons. The molecule has 7 heteroatoms. The number of hydrogen-bond donors (Lipinski definition) is 1. The van der Waals surface area contributed by atoms with Gasteiger partial charge in [-0.05, 0) is 43.3 Å². The lowest BCUT2D eigenvalue weighted by molar-refractivity contribution is -0.139. The lowest BCUT2D eigenvalue weighted by Gasteiger charge is -2.11. The van der Waals surface area contributed by atoms with Crippen molar-refractivity contribution in [2.45, 2.75) is 13.5 Å². The Balaban J connectivity index is 1.84. The van der Waals surface area contributed by atoms with Gasteiger partial charge in [-0.3, -0.25) is 4.68 Å². The second-order valence-corrected chi connectivity index (χ2v) is 7.58. The Labute approximate surface area is 190 Å². The molecule has 0 unspecified atom stereocenters. The number of nitrogens with zero attached hydrogens (tertiary/aromatic N) is 2. The first-order chi connectivity index (χ1) is 15.9. The first-order valence-corrected chi connectivity index (χ1v) is 10.4. The molecular formula is C26H23FN2O4. The van der Waals surface area contributed by atoms with Crippen LogP contribution in [0, 0.1) is 12.7 Å². The van der Waals surface area contributed by atoms with Gasteiger partial charge in [-0.2, -0.15) is 5.10 Å². The molecule has 33 heavy (non-hydrogen) atoms. The number of halogens is 1. The monoisotopic (exact) mass is 446 g/mol. The number of benzene rings is 3. The molecule has 0 saturated heterocycles. The average Bonchev–Trinajstić information content (AvgIpc) is 3.22. The average molecular weight is 446 g/mol. The third-order valence-corrected chi connectivity index (χ3v) is 5.18. The lowest BCUT2D eigenvalue weighted by Crippen LogP contribution is -2.10. The summed E-state index contributed by atoms with van der Waals surface area (Å²) in [5.74, 6) is -0.277. The Bertz CT molecular complexity index is 1300. The first-order valence-electron chi connectivity index (χ1n) is 10.4. The summed E-state index contributed by atoms with van der Waals surface area (Å²) in [5.41, 5.74) is 4.52. The zero-order valence-electron chi connectivity index (χ0n) is 18.3. The molecule has 0 aliphatic carbocycles. The molecule has 3 aromatic carbocycles. The second kappa shape index (κ2) is 9.56. The van der Waals surface area contributed by atoms with Gasteiger partial charge >= 0.3 is 5.97 Å². The fourth-order valence-electron chi connectivity index (χ4n) is 3.65. The lowest BCUT2D eigenvalue weighted by atomic mass is 10.1. The predicted molar refractivity (Wildman–Crippen MR) is 123 cm³/mol. The second-order valence-electron chi connectivity index (χ2n) is 7.58. The van der Waals surface area contributed by atoms with Crippen molar-refractivity contribution in [3.63, 3.8) is 0 Å². The molecule has 1 N–H and O–H groups in total. The number of para-hydroxylation sites is 1. The van der Waals surface area contributed by atoms with Crippen LogP contribution >= 0.6 is 0 Å². The molecule has 0 spiro atoms. The molecule has 1 heterocycles. The molecule has 4 aromatic rings. The number of carbonyl (C=O) groups is 1. The van der Waals surface area contributed by atoms with Crippen molar-refractivity contribution < 1.29 is 23.8 Å². The van der Waals surface area contributed by atoms with Crippen molar-refractivity contribution in [3.05, 3.63) is 89.7 Å². The quantitative estimate of drug-likeness (QED) is 0.404. The van der Waals surface area contributed by atoms with E-state index in [0.29, 0.717) is 34.8 Å². The van der Waals surface area contributed by atoms with E-state index in [-0.39, 0.29) is 5.82 Å². The van der Waals surface area contributed by atoms with Crippen molar-refractivity contribution in [2.75, 3.05) is 13.7 Å². The number of rotatable bonds is 8. The highest BCUT2D eigenvalue weighted by Gasteiger charge is 2.17. The zero-order chi connectivity index (χ0) is 23.4. The van der Waals surface area contributed by atoms with Crippen LogP contribution in [0.3, 0.4) is 0 Å². The highest BCUT2D eigenvalue weighted by molar-refractivity contribution is 5.74. The molecule has 4 rings (SSSR count). The standard InChI is InChI=1S/C26H23FN2O4/c1-17-10-11-25(33-16-26(30)31)21(12-17)22-14-23(18-7-5-8-20(27)13-18)29(28-22)15-19-6-3-4-9-24(19)32-2/h3-14H,15-16H2,1-2H3,(H,30,31). The molecule has 1 aromatic heterocycles. The number of aryl methyl sites for hydroxylation is 1. The van der Waals surface area contributed by atoms with Gasteiger partial charge in [0.1, 0.15) is 17.3 Å². The minimum Gasteiger partial charge on any atom is -0.496 e. The van der Waals surface area contributed by atoms with Crippen LogP contribution in [-0.2, 0) is 11.3 Å². The number of methoxy groups -OCH3 is 1. The number of hydrogen-bond acceptors (Lipinski definition) is 4. The Morgan fingerprint density at radius 2 is 1.85 bits per heavy atom. The van der Waals surface area contributed by atoms with Gasteiger partial charge in [-0.15, -0.1) is 0 Å². The number of carboxylic acid groups (broad SMARTS) is 1. The van der Waals surface area contributed by atoms with Gasteiger partial charge in [0, 0.05) is 16.7 Å². The van der Waals surface area contributed by atoms with Gasteiger partial charge in [0.2, 0.25) is 0 Å². The highest BCUT2D eigenvalue weighted by atomic mass is 19.1. The fraction of sp³-hybridized carbons (Fsp3) is 0.154. The van der Waals surface area contributed by atoms with Crippen molar-refractivity contribution >= 4 is 5.97 Å². The van der Waals surface area contributed by atoms with E-state index in [1.807, 2.05) is 55.5 Å². The Hall–Kier alpha value is -4.13. The van der Waals surface area contributed by atoms with Crippen molar-refractivity contribution in [2.24, 2.45) is 0 Å². The maximum absolute atomic E-state index is 14.0. The van der Waals surface area contributed by atoms with Crippen LogP contribution in [-0.4, -0.2) is 34.6 Å². The van der Waals surface area contributed by atoms with Gasteiger partial charge in [0.05, 0.1) is 25.0 Å². The summed E-state index contributed by atoms with van der Waals surface area (Å²) in [7, 11) is 1.61. The normalized spacial score (nSPS) is 10.8. The molecule has 0 aliphatic rings. The Morgan fingerprint density at radius 3 is 2.61 bits per heavy atom. The van der Waals surface area contributed by atoms with Gasteiger partial charge < -0.3 is 14.6 Å². The van der Waals surface area contributed by atoms with Gasteiger partial charge in [0.15, 0.2) is 6.61 Å². The predicted octanol–water partition coefficient (Wildman–Crippen LogP) is 5.18. The Kier molecular flexibility index (Phi) is 6.40. The van der Waals surface area contributed by atoms with Crippen molar-refractivity contribution in [3.8, 4) is 34.0 Å². The van der Waals surface area contributed by atoms with Crippen molar-refractivity contribution in [1.82, 2.24) is 9.78 Å². The molecule has 0 radical (unpaired) electrons. The van der Waals surface area contributed by atoms with E-state index in [4.69, 9.17) is 19.7 Å². The summed E-state index contributed by atoms with van der Waals surface area (Å²) in [6.07, 6.45) is 0. The molecular weight excluding hydrogens is 423 g/mol. The molecule has 0 fully saturated rings. The van der Waals surface area contributed by atoms with Crippen molar-refractivity contribution in [1.29, 1.82) is 0 Å². The van der Waals surface area contributed by atoms with E-state index < -0.39 is 12.6 Å². The maximum atomic E-state index is 14.0. The highest BCUT2D eigenvalue weighted by Crippen LogP contribution is 2.34. The summed E-state index contributed by atoms with van der Waals surface area (Å²) >= 11 is 0. The first kappa shape index (κ1) is 22.1. The SMILES string of the molecule is COc1ccccc1Cn1nc(-c2cc(C)ccc2OCC(=O)O)cc1-c1cccc(F)c1. The van der Waals surface area contributed by atoms with Crippen LogP contribution in [0.25, 0.3) is 22.5 Å². The number of aliphatic carboxylic acids is 1. The number of carboxylic acids is 1.